The van der Waals surface area contributed by atoms with Crippen molar-refractivity contribution in [2.75, 3.05) is 19.8 Å². The normalized spacial score (nSPS) is 17.2. The molecule has 128 valence electrons. The highest BCUT2D eigenvalue weighted by molar-refractivity contribution is 7.21. The smallest absolute Gasteiger partial charge is 0.350 e. The zero-order valence-corrected chi connectivity index (χ0v) is 15.0. The maximum Gasteiger partial charge on any atom is 0.350 e. The molecule has 0 saturated carbocycles. The van der Waals surface area contributed by atoms with Crippen molar-refractivity contribution in [1.82, 2.24) is 5.32 Å². The topological polar surface area (TPSA) is 64.6 Å². The number of hydrogen-bond donors (Lipinski definition) is 1. The zero-order valence-electron chi connectivity index (χ0n) is 12.6. The summed E-state index contributed by atoms with van der Waals surface area (Å²) in [5.41, 5.74) is 0. The second kappa shape index (κ2) is 7.70. The maximum absolute atomic E-state index is 12.2. The largest absolute Gasteiger partial charge is 0.451 e. The van der Waals surface area contributed by atoms with E-state index in [1.165, 1.54) is 11.3 Å². The SMILES string of the molecule is O=C(COC(=O)c1sc2cc(Cl)ccc2c1Cl)NCC1CCCO1. The lowest BCUT2D eigenvalue weighted by Crippen LogP contribution is -2.34. The predicted octanol–water partition coefficient (Wildman–Crippen LogP) is 3.66. The Hall–Kier alpha value is -1.34. The quantitative estimate of drug-likeness (QED) is 0.794. The predicted molar refractivity (Wildman–Crippen MR) is 94.1 cm³/mol. The number of thiophene rings is 1. The van der Waals surface area contributed by atoms with Gasteiger partial charge in [-0.25, -0.2) is 4.79 Å². The highest BCUT2D eigenvalue weighted by Crippen LogP contribution is 2.37. The fourth-order valence-electron chi connectivity index (χ4n) is 2.45. The van der Waals surface area contributed by atoms with Crippen LogP contribution in [0.3, 0.4) is 0 Å². The fourth-order valence-corrected chi connectivity index (χ4v) is 4.13. The van der Waals surface area contributed by atoms with Crippen molar-refractivity contribution in [2.45, 2.75) is 18.9 Å². The van der Waals surface area contributed by atoms with Crippen molar-refractivity contribution in [3.63, 3.8) is 0 Å². The number of ether oxygens (including phenoxy) is 2. The molecule has 5 nitrogen and oxygen atoms in total. The van der Waals surface area contributed by atoms with Crippen LogP contribution in [0.4, 0.5) is 0 Å². The van der Waals surface area contributed by atoms with Gasteiger partial charge in [-0.05, 0) is 25.0 Å². The first kappa shape index (κ1) is 17.5. The average Bonchev–Trinajstić information content (AvgIpc) is 3.18. The summed E-state index contributed by atoms with van der Waals surface area (Å²) in [6, 6.07) is 5.19. The Balaban J connectivity index is 1.56. The molecule has 1 N–H and O–H groups in total. The molecule has 1 saturated heterocycles. The molecule has 1 aliphatic rings. The first-order valence-electron chi connectivity index (χ1n) is 7.47. The molecule has 0 bridgehead atoms. The minimum Gasteiger partial charge on any atom is -0.451 e. The van der Waals surface area contributed by atoms with Crippen LogP contribution >= 0.6 is 34.5 Å². The molecule has 1 amide bonds. The highest BCUT2D eigenvalue weighted by atomic mass is 35.5. The number of rotatable bonds is 5. The zero-order chi connectivity index (χ0) is 17.1. The molecule has 1 atom stereocenters. The van der Waals surface area contributed by atoms with E-state index in [0.717, 1.165) is 29.5 Å². The van der Waals surface area contributed by atoms with Gasteiger partial charge in [0.05, 0.1) is 11.1 Å². The minimum atomic E-state index is -0.621. The van der Waals surface area contributed by atoms with Gasteiger partial charge >= 0.3 is 5.97 Å². The van der Waals surface area contributed by atoms with Crippen molar-refractivity contribution in [2.24, 2.45) is 0 Å². The second-order valence-electron chi connectivity index (χ2n) is 5.40. The van der Waals surface area contributed by atoms with Crippen LogP contribution in [0.2, 0.25) is 10.0 Å². The summed E-state index contributed by atoms with van der Waals surface area (Å²) in [7, 11) is 0. The van der Waals surface area contributed by atoms with Gasteiger partial charge in [0.15, 0.2) is 6.61 Å². The van der Waals surface area contributed by atoms with Crippen LogP contribution in [-0.4, -0.2) is 37.7 Å². The molecule has 1 fully saturated rings. The Labute approximate surface area is 152 Å². The number of esters is 1. The van der Waals surface area contributed by atoms with Gasteiger partial charge in [0, 0.05) is 28.3 Å². The molecule has 1 aliphatic heterocycles. The molecule has 0 radical (unpaired) electrons. The van der Waals surface area contributed by atoms with Crippen LogP contribution in [-0.2, 0) is 14.3 Å². The maximum atomic E-state index is 12.2. The Kier molecular flexibility index (Phi) is 5.61. The Bertz CT molecular complexity index is 771. The van der Waals surface area contributed by atoms with E-state index in [0.29, 0.717) is 16.6 Å². The number of benzene rings is 1. The lowest BCUT2D eigenvalue weighted by molar-refractivity contribution is -0.124. The third-order valence-corrected chi connectivity index (χ3v) is 5.53. The molecule has 1 unspecified atom stereocenters. The summed E-state index contributed by atoms with van der Waals surface area (Å²) in [4.78, 5) is 24.2. The Morgan fingerprint density at radius 1 is 1.38 bits per heavy atom. The van der Waals surface area contributed by atoms with E-state index in [2.05, 4.69) is 5.32 Å². The van der Waals surface area contributed by atoms with Crippen LogP contribution in [0.25, 0.3) is 10.1 Å². The molecule has 24 heavy (non-hydrogen) atoms. The van der Waals surface area contributed by atoms with Crippen LogP contribution in [0.1, 0.15) is 22.5 Å². The average molecular weight is 388 g/mol. The fraction of sp³-hybridized carbons (Fsp3) is 0.375. The number of halogens is 2. The summed E-state index contributed by atoms with van der Waals surface area (Å²) in [5.74, 6) is -0.983. The molecular formula is C16H15Cl2NO4S. The second-order valence-corrected chi connectivity index (χ2v) is 7.27. The van der Waals surface area contributed by atoms with Gasteiger partial charge in [0.2, 0.25) is 0 Å². The summed E-state index contributed by atoms with van der Waals surface area (Å²) in [6.07, 6.45) is 1.98. The van der Waals surface area contributed by atoms with Crippen LogP contribution in [0, 0.1) is 0 Å². The van der Waals surface area contributed by atoms with E-state index in [-0.39, 0.29) is 23.5 Å². The minimum absolute atomic E-state index is 0.0476. The lowest BCUT2D eigenvalue weighted by atomic mass is 10.2. The van der Waals surface area contributed by atoms with Gasteiger partial charge < -0.3 is 14.8 Å². The molecule has 2 heterocycles. The highest BCUT2D eigenvalue weighted by Gasteiger charge is 2.20. The Morgan fingerprint density at radius 2 is 2.21 bits per heavy atom. The number of nitrogens with one attached hydrogen (secondary N) is 1. The number of carbonyl (C=O) groups excluding carboxylic acids is 2. The third kappa shape index (κ3) is 4.00. The molecule has 0 spiro atoms. The molecule has 3 rings (SSSR count). The van der Waals surface area contributed by atoms with Gasteiger partial charge in [-0.15, -0.1) is 11.3 Å². The molecule has 2 aromatic rings. The van der Waals surface area contributed by atoms with Gasteiger partial charge in [-0.1, -0.05) is 29.3 Å². The van der Waals surface area contributed by atoms with E-state index in [1.807, 2.05) is 0 Å². The molecule has 1 aromatic heterocycles. The number of hydrogen-bond acceptors (Lipinski definition) is 5. The van der Waals surface area contributed by atoms with Crippen LogP contribution in [0.15, 0.2) is 18.2 Å². The monoisotopic (exact) mass is 387 g/mol. The van der Waals surface area contributed by atoms with Crippen molar-refractivity contribution in [3.8, 4) is 0 Å². The number of carbonyl (C=O) groups is 2. The standard InChI is InChI=1S/C16H15Cl2NO4S/c17-9-3-4-11-12(6-9)24-15(14(11)18)16(21)23-8-13(20)19-7-10-2-1-5-22-10/h3-4,6,10H,1-2,5,7-8H2,(H,19,20). The van der Waals surface area contributed by atoms with Crippen LogP contribution in [0.5, 0.6) is 0 Å². The van der Waals surface area contributed by atoms with E-state index in [9.17, 15) is 9.59 Å². The van der Waals surface area contributed by atoms with Crippen molar-refractivity contribution < 1.29 is 19.1 Å². The van der Waals surface area contributed by atoms with E-state index >= 15 is 0 Å². The molecule has 1 aromatic carbocycles. The first-order valence-corrected chi connectivity index (χ1v) is 9.05. The van der Waals surface area contributed by atoms with E-state index < -0.39 is 5.97 Å². The third-order valence-electron chi connectivity index (χ3n) is 3.66. The van der Waals surface area contributed by atoms with Crippen molar-refractivity contribution >= 4 is 56.5 Å². The van der Waals surface area contributed by atoms with Gasteiger partial charge in [-0.3, -0.25) is 4.79 Å². The van der Waals surface area contributed by atoms with E-state index in [4.69, 9.17) is 32.7 Å². The van der Waals surface area contributed by atoms with Gasteiger partial charge in [0.25, 0.3) is 5.91 Å². The summed E-state index contributed by atoms with van der Waals surface area (Å²) < 4.78 is 11.2. The van der Waals surface area contributed by atoms with Crippen molar-refractivity contribution in [1.29, 1.82) is 0 Å². The van der Waals surface area contributed by atoms with E-state index in [1.54, 1.807) is 18.2 Å². The Morgan fingerprint density at radius 3 is 2.96 bits per heavy atom. The van der Waals surface area contributed by atoms with Crippen molar-refractivity contribution in [3.05, 3.63) is 33.1 Å². The number of amides is 1. The first-order chi connectivity index (χ1) is 11.5. The molecule has 0 aliphatic carbocycles. The molecular weight excluding hydrogens is 373 g/mol. The number of fused-ring (bicyclic) bond motifs is 1. The van der Waals surface area contributed by atoms with Gasteiger partial charge in [-0.2, -0.15) is 0 Å². The summed E-state index contributed by atoms with van der Waals surface area (Å²) in [6.45, 7) is 0.805. The lowest BCUT2D eigenvalue weighted by Gasteiger charge is -2.10. The van der Waals surface area contributed by atoms with Gasteiger partial charge in [0.1, 0.15) is 4.88 Å². The van der Waals surface area contributed by atoms with Crippen LogP contribution < -0.4 is 5.32 Å². The molecule has 8 heteroatoms. The summed E-state index contributed by atoms with van der Waals surface area (Å²) >= 11 is 13.3. The summed E-state index contributed by atoms with van der Waals surface area (Å²) in [5, 5.41) is 4.31.